The minimum Gasteiger partial charge on any atom is -0.469 e. The third kappa shape index (κ3) is 4.87. The number of esters is 1. The molecule has 0 unspecified atom stereocenters. The monoisotopic (exact) mass is 348 g/mol. The van der Waals surface area contributed by atoms with Crippen molar-refractivity contribution in [1.82, 2.24) is 10.8 Å². The summed E-state index contributed by atoms with van der Waals surface area (Å²) in [6.45, 7) is 0. The third-order valence-electron chi connectivity index (χ3n) is 3.47. The van der Waals surface area contributed by atoms with E-state index in [0.29, 0.717) is 42.0 Å². The maximum absolute atomic E-state index is 12.2. The summed E-state index contributed by atoms with van der Waals surface area (Å²) in [6.07, 6.45) is 3.64. The van der Waals surface area contributed by atoms with Gasteiger partial charge < -0.3 is 10.1 Å². The number of unbranched alkanes of at least 4 members (excludes halogenated alkanes) is 1. The number of benzene rings is 1. The number of carbonyl (C=O) groups is 2. The lowest BCUT2D eigenvalue weighted by atomic mass is 10.2. The Labute approximate surface area is 144 Å². The first-order valence-corrected chi connectivity index (χ1v) is 8.54. The van der Waals surface area contributed by atoms with Crippen LogP contribution in [0.4, 0.5) is 0 Å². The molecule has 3 N–H and O–H groups in total. The van der Waals surface area contributed by atoms with Gasteiger partial charge in [0.1, 0.15) is 0 Å². The summed E-state index contributed by atoms with van der Waals surface area (Å²) < 4.78 is 4.59. The molecule has 128 valence electrons. The van der Waals surface area contributed by atoms with Crippen LogP contribution >= 0.6 is 11.8 Å². The van der Waals surface area contributed by atoms with Crippen molar-refractivity contribution in [1.29, 1.82) is 0 Å². The molecule has 0 aliphatic carbocycles. The summed E-state index contributed by atoms with van der Waals surface area (Å²) >= 11 is 1.52. The van der Waals surface area contributed by atoms with Crippen LogP contribution in [0, 0.1) is 0 Å². The maximum atomic E-state index is 12.2. The molecule has 24 heavy (non-hydrogen) atoms. The van der Waals surface area contributed by atoms with Crippen molar-refractivity contribution in [3.8, 4) is 0 Å². The highest BCUT2D eigenvalue weighted by molar-refractivity contribution is 8.03. The Kier molecular flexibility index (Phi) is 6.89. The molecule has 7 heteroatoms. The summed E-state index contributed by atoms with van der Waals surface area (Å²) in [5, 5.41) is 12.2. The number of hydrogen-bond donors (Lipinski definition) is 3. The Morgan fingerprint density at radius 3 is 2.75 bits per heavy atom. The molecule has 1 heterocycles. The van der Waals surface area contributed by atoms with Gasteiger partial charge in [0, 0.05) is 22.6 Å². The topological polar surface area (TPSA) is 87.7 Å². The van der Waals surface area contributed by atoms with Crippen LogP contribution in [-0.2, 0) is 9.53 Å². The van der Waals surface area contributed by atoms with Gasteiger partial charge in [-0.25, -0.2) is 0 Å². The van der Waals surface area contributed by atoms with Crippen molar-refractivity contribution in [3.05, 3.63) is 58.3 Å². The Morgan fingerprint density at radius 1 is 1.33 bits per heavy atom. The van der Waals surface area contributed by atoms with E-state index >= 15 is 0 Å². The van der Waals surface area contributed by atoms with Crippen LogP contribution < -0.4 is 10.8 Å². The molecule has 0 fully saturated rings. The first-order chi connectivity index (χ1) is 11.7. The average Bonchev–Trinajstić information content (AvgIpc) is 3.00. The summed E-state index contributed by atoms with van der Waals surface area (Å²) in [6, 6.07) is 8.90. The number of ether oxygens (including phenoxy) is 1. The van der Waals surface area contributed by atoms with Gasteiger partial charge >= 0.3 is 5.97 Å². The number of hydrogen-bond acceptors (Lipinski definition) is 6. The molecular formula is C17H20N2O4S. The SMILES string of the molecule is COC(=O)CCC/C=C1/SCC(NC(=O)c2ccccc2)=C1NO. The van der Waals surface area contributed by atoms with Crippen molar-refractivity contribution in [2.75, 3.05) is 12.9 Å². The molecule has 1 aliphatic heterocycles. The maximum Gasteiger partial charge on any atom is 0.305 e. The molecule has 1 aliphatic rings. The van der Waals surface area contributed by atoms with Gasteiger partial charge in [-0.3, -0.25) is 20.3 Å². The average molecular weight is 348 g/mol. The van der Waals surface area contributed by atoms with Crippen molar-refractivity contribution in [3.63, 3.8) is 0 Å². The molecule has 1 aromatic carbocycles. The summed E-state index contributed by atoms with van der Waals surface area (Å²) in [7, 11) is 1.37. The zero-order valence-corrected chi connectivity index (χ0v) is 14.2. The van der Waals surface area contributed by atoms with Gasteiger partial charge in [-0.15, -0.1) is 11.8 Å². The lowest BCUT2D eigenvalue weighted by Crippen LogP contribution is -2.26. The van der Waals surface area contributed by atoms with E-state index in [9.17, 15) is 14.8 Å². The van der Waals surface area contributed by atoms with Gasteiger partial charge in [0.25, 0.3) is 5.91 Å². The predicted molar refractivity (Wildman–Crippen MR) is 92.3 cm³/mol. The van der Waals surface area contributed by atoms with Crippen LogP contribution in [0.25, 0.3) is 0 Å². The van der Waals surface area contributed by atoms with Crippen LogP contribution in [-0.4, -0.2) is 29.9 Å². The summed E-state index contributed by atoms with van der Waals surface area (Å²) in [4.78, 5) is 24.1. The molecule has 0 aromatic heterocycles. The molecule has 0 radical (unpaired) electrons. The summed E-state index contributed by atoms with van der Waals surface area (Å²) in [5.41, 5.74) is 3.86. The number of hydroxylamine groups is 1. The zero-order valence-electron chi connectivity index (χ0n) is 13.4. The van der Waals surface area contributed by atoms with Crippen LogP contribution in [0.15, 0.2) is 52.7 Å². The summed E-state index contributed by atoms with van der Waals surface area (Å²) in [5.74, 6) is 0.106. The fourth-order valence-electron chi connectivity index (χ4n) is 2.21. The molecule has 2 rings (SSSR count). The zero-order chi connectivity index (χ0) is 17.4. The normalized spacial score (nSPS) is 15.5. The number of rotatable bonds is 7. The Morgan fingerprint density at radius 2 is 2.08 bits per heavy atom. The molecule has 0 saturated carbocycles. The van der Waals surface area contributed by atoms with Crippen LogP contribution in [0.5, 0.6) is 0 Å². The highest BCUT2D eigenvalue weighted by Gasteiger charge is 2.22. The van der Waals surface area contributed by atoms with E-state index in [1.54, 1.807) is 24.3 Å². The van der Waals surface area contributed by atoms with Gasteiger partial charge in [0.05, 0.1) is 18.5 Å². The lowest BCUT2D eigenvalue weighted by Gasteiger charge is -2.08. The molecule has 1 amide bonds. The molecule has 0 bridgehead atoms. The Hall–Kier alpha value is -2.25. The van der Waals surface area contributed by atoms with Crippen molar-refractivity contribution in [2.45, 2.75) is 19.3 Å². The first-order valence-electron chi connectivity index (χ1n) is 7.55. The minimum absolute atomic E-state index is 0.217. The predicted octanol–water partition coefficient (Wildman–Crippen LogP) is 2.58. The third-order valence-corrected chi connectivity index (χ3v) is 4.59. The van der Waals surface area contributed by atoms with E-state index in [1.165, 1.54) is 18.9 Å². The highest BCUT2D eigenvalue weighted by atomic mass is 32.2. The van der Waals surface area contributed by atoms with Gasteiger partial charge in [0.2, 0.25) is 0 Å². The van der Waals surface area contributed by atoms with Gasteiger partial charge in [0.15, 0.2) is 0 Å². The fraction of sp³-hybridized carbons (Fsp3) is 0.294. The van der Waals surface area contributed by atoms with E-state index in [2.05, 4.69) is 15.5 Å². The molecule has 0 saturated heterocycles. The van der Waals surface area contributed by atoms with E-state index in [-0.39, 0.29) is 11.9 Å². The Bertz CT molecular complexity index is 656. The highest BCUT2D eigenvalue weighted by Crippen LogP contribution is 2.33. The first kappa shape index (κ1) is 18.1. The number of carbonyl (C=O) groups excluding carboxylic acids is 2. The van der Waals surface area contributed by atoms with Crippen LogP contribution in [0.2, 0.25) is 0 Å². The van der Waals surface area contributed by atoms with Crippen LogP contribution in [0.1, 0.15) is 29.6 Å². The fourth-order valence-corrected chi connectivity index (χ4v) is 3.27. The quantitative estimate of drug-likeness (QED) is 0.399. The molecule has 0 atom stereocenters. The number of methoxy groups -OCH3 is 1. The van der Waals surface area contributed by atoms with Gasteiger partial charge in [-0.1, -0.05) is 24.3 Å². The molecular weight excluding hydrogens is 328 g/mol. The van der Waals surface area contributed by atoms with Gasteiger partial charge in [-0.2, -0.15) is 0 Å². The molecule has 0 spiro atoms. The van der Waals surface area contributed by atoms with Crippen molar-refractivity contribution in [2.24, 2.45) is 0 Å². The van der Waals surface area contributed by atoms with Crippen molar-refractivity contribution < 1.29 is 19.5 Å². The van der Waals surface area contributed by atoms with Gasteiger partial charge in [-0.05, 0) is 25.0 Å². The molecule has 6 nitrogen and oxygen atoms in total. The number of allylic oxidation sites excluding steroid dienone is 1. The largest absolute Gasteiger partial charge is 0.469 e. The second-order valence-corrected chi connectivity index (χ2v) is 6.13. The van der Waals surface area contributed by atoms with Crippen molar-refractivity contribution >= 4 is 23.6 Å². The van der Waals surface area contributed by atoms with Crippen LogP contribution in [0.3, 0.4) is 0 Å². The minimum atomic E-state index is -0.237. The second-order valence-electron chi connectivity index (χ2n) is 5.11. The number of nitrogens with one attached hydrogen (secondary N) is 2. The Balaban J connectivity index is 1.99. The second kappa shape index (κ2) is 9.14. The van der Waals surface area contributed by atoms with E-state index in [0.717, 1.165) is 4.91 Å². The standard InChI is InChI=1S/C17H20N2O4S/c1-23-15(20)10-6-5-9-14-16(19-22)13(11-24-14)18-17(21)12-7-3-2-4-8-12/h2-4,7-9,19,22H,5-6,10-11H2,1H3,(H,18,21)/b14-9+. The lowest BCUT2D eigenvalue weighted by molar-refractivity contribution is -0.140. The number of thioether (sulfide) groups is 1. The van der Waals surface area contributed by atoms with E-state index < -0.39 is 0 Å². The van der Waals surface area contributed by atoms with E-state index in [1.807, 2.05) is 12.1 Å². The van der Waals surface area contributed by atoms with E-state index in [4.69, 9.17) is 0 Å². The molecule has 1 aromatic rings. The number of amides is 1. The smallest absolute Gasteiger partial charge is 0.305 e.